The lowest BCUT2D eigenvalue weighted by Gasteiger charge is -2.28. The number of rotatable bonds is 5. The van der Waals surface area contributed by atoms with Crippen molar-refractivity contribution < 1.29 is 19.5 Å². The summed E-state index contributed by atoms with van der Waals surface area (Å²) in [6.07, 6.45) is 0. The summed E-state index contributed by atoms with van der Waals surface area (Å²) < 4.78 is 0. The van der Waals surface area contributed by atoms with Crippen molar-refractivity contribution in [2.75, 3.05) is 18.0 Å². The molecule has 11 heteroatoms. The lowest BCUT2D eigenvalue weighted by molar-refractivity contribution is -0.122. The highest BCUT2D eigenvalue weighted by Gasteiger charge is 2.60. The molecular weight excluding hydrogens is 523 g/mol. The second-order valence-electron chi connectivity index (χ2n) is 8.73. The molecule has 2 N–H and O–H groups in total. The molecule has 0 saturated carbocycles. The zero-order chi connectivity index (χ0) is 25.6. The topological polar surface area (TPSA) is 114 Å². The summed E-state index contributed by atoms with van der Waals surface area (Å²) in [6.45, 7) is 1.06. The Kier molecular flexibility index (Phi) is 6.22. The van der Waals surface area contributed by atoms with Crippen LogP contribution < -0.4 is 10.2 Å². The van der Waals surface area contributed by atoms with Crippen LogP contribution in [-0.4, -0.2) is 46.5 Å². The molecule has 2 saturated heterocycles. The molecule has 0 aliphatic carbocycles. The van der Waals surface area contributed by atoms with Gasteiger partial charge >= 0.3 is 12.0 Å². The molecule has 2 aromatic carbocycles. The highest BCUT2D eigenvalue weighted by atomic mass is 35.5. The highest BCUT2D eigenvalue weighted by Crippen LogP contribution is 2.43. The normalized spacial score (nSPS) is 21.7. The second-order valence-corrected chi connectivity index (χ2v) is 10.6. The number of halogens is 2. The van der Waals surface area contributed by atoms with E-state index in [1.807, 2.05) is 4.90 Å². The van der Waals surface area contributed by atoms with Gasteiger partial charge in [0.2, 0.25) is 0 Å². The van der Waals surface area contributed by atoms with Crippen LogP contribution in [0.15, 0.2) is 53.9 Å². The fraction of sp³-hybridized carbons (Fsp3) is 0.200. The van der Waals surface area contributed by atoms with Crippen LogP contribution in [0.25, 0.3) is 0 Å². The number of carbonyl (C=O) groups excluding carboxylic acids is 2. The van der Waals surface area contributed by atoms with E-state index in [-0.39, 0.29) is 17.8 Å². The van der Waals surface area contributed by atoms with Crippen LogP contribution in [0.5, 0.6) is 0 Å². The lowest BCUT2D eigenvalue weighted by Crippen LogP contribution is -2.53. The first-order valence-corrected chi connectivity index (χ1v) is 12.5. The van der Waals surface area contributed by atoms with Gasteiger partial charge in [-0.1, -0.05) is 35.3 Å². The number of hydrogen-bond acceptors (Lipinski definition) is 6. The molecule has 3 heterocycles. The number of imide groups is 1. The fourth-order valence-corrected chi connectivity index (χ4v) is 6.29. The molecule has 2 atom stereocenters. The summed E-state index contributed by atoms with van der Waals surface area (Å²) in [5.41, 5.74) is 0.496. The van der Waals surface area contributed by atoms with Gasteiger partial charge in [-0.3, -0.25) is 9.69 Å². The average molecular weight is 541 g/mol. The van der Waals surface area contributed by atoms with E-state index in [1.54, 1.807) is 35.7 Å². The van der Waals surface area contributed by atoms with Crippen LogP contribution in [-0.2, 0) is 11.3 Å². The molecule has 2 aliphatic rings. The zero-order valence-electron chi connectivity index (χ0n) is 18.6. The Hall–Kier alpha value is -3.42. The minimum absolute atomic E-state index is 0.210. The maximum Gasteiger partial charge on any atom is 0.336 e. The number of likely N-dealkylation sites (tertiary alicyclic amines) is 1. The van der Waals surface area contributed by atoms with Crippen LogP contribution in [0.2, 0.25) is 10.0 Å². The molecule has 1 spiro atoms. The quantitative estimate of drug-likeness (QED) is 0.452. The van der Waals surface area contributed by atoms with Gasteiger partial charge in [0.15, 0.2) is 0 Å². The number of thiophene rings is 1. The van der Waals surface area contributed by atoms with Crippen molar-refractivity contribution in [1.29, 1.82) is 5.26 Å². The van der Waals surface area contributed by atoms with E-state index >= 15 is 0 Å². The number of nitrogens with zero attached hydrogens (tertiary/aromatic N) is 3. The number of nitrogens with one attached hydrogen (secondary N) is 1. The van der Waals surface area contributed by atoms with E-state index < -0.39 is 29.4 Å². The Morgan fingerprint density at radius 1 is 1.17 bits per heavy atom. The van der Waals surface area contributed by atoms with Gasteiger partial charge in [-0.25, -0.2) is 14.5 Å². The predicted octanol–water partition coefficient (Wildman–Crippen LogP) is 4.72. The van der Waals surface area contributed by atoms with Gasteiger partial charge in [0, 0.05) is 45.9 Å². The number of carboxylic acids is 1. The van der Waals surface area contributed by atoms with Gasteiger partial charge in [-0.15, -0.1) is 11.3 Å². The highest BCUT2D eigenvalue weighted by molar-refractivity contribution is 7.10. The first kappa shape index (κ1) is 24.3. The van der Waals surface area contributed by atoms with Crippen LogP contribution in [0.3, 0.4) is 0 Å². The van der Waals surface area contributed by atoms with Gasteiger partial charge in [0.25, 0.3) is 5.91 Å². The van der Waals surface area contributed by atoms with Crippen LogP contribution in [0.4, 0.5) is 10.5 Å². The van der Waals surface area contributed by atoms with E-state index in [2.05, 4.69) is 11.4 Å². The van der Waals surface area contributed by atoms with E-state index in [0.717, 1.165) is 15.3 Å². The Bertz CT molecular complexity index is 1410. The molecule has 5 rings (SSSR count). The number of carbonyl (C=O) groups is 3. The fourth-order valence-electron chi connectivity index (χ4n) is 4.88. The number of aromatic carboxylic acids is 1. The van der Waals surface area contributed by atoms with E-state index in [4.69, 9.17) is 23.2 Å². The summed E-state index contributed by atoms with van der Waals surface area (Å²) in [4.78, 5) is 42.3. The third-order valence-electron chi connectivity index (χ3n) is 6.45. The maximum absolute atomic E-state index is 14.0. The number of amides is 3. The van der Waals surface area contributed by atoms with Gasteiger partial charge < -0.3 is 10.4 Å². The van der Waals surface area contributed by atoms with Gasteiger partial charge in [-0.05, 0) is 42.0 Å². The summed E-state index contributed by atoms with van der Waals surface area (Å²) in [5.74, 6) is -1.85. The number of anilines is 1. The van der Waals surface area contributed by atoms with Crippen LogP contribution >= 0.6 is 34.5 Å². The average Bonchev–Trinajstić information content (AvgIpc) is 3.50. The largest absolute Gasteiger partial charge is 0.478 e. The molecule has 3 amide bonds. The number of benzene rings is 2. The summed E-state index contributed by atoms with van der Waals surface area (Å²) in [6, 6.07) is 14.6. The van der Waals surface area contributed by atoms with Crippen molar-refractivity contribution in [2.45, 2.75) is 18.0 Å². The maximum atomic E-state index is 14.0. The first-order chi connectivity index (χ1) is 17.2. The SMILES string of the molecule is N#Cc1ccc([C@H]2CN(Cc3cc(C(=O)O)cs3)C[C@@]23NC(=O)N(c2cc(Cl)cc(Cl)c2)C3=O)cc1. The van der Waals surface area contributed by atoms with Crippen molar-refractivity contribution in [3.63, 3.8) is 0 Å². The molecule has 36 heavy (non-hydrogen) atoms. The molecular formula is C25H18Cl2N4O4S. The Balaban J connectivity index is 1.52. The molecule has 2 fully saturated rings. The summed E-state index contributed by atoms with van der Waals surface area (Å²) >= 11 is 13.6. The predicted molar refractivity (Wildman–Crippen MR) is 136 cm³/mol. The molecule has 2 aliphatic heterocycles. The van der Waals surface area contributed by atoms with Crippen molar-refractivity contribution in [3.05, 3.63) is 85.5 Å². The molecule has 182 valence electrons. The zero-order valence-corrected chi connectivity index (χ0v) is 20.9. The summed E-state index contributed by atoms with van der Waals surface area (Å²) in [7, 11) is 0. The molecule has 3 aromatic rings. The Morgan fingerprint density at radius 3 is 2.47 bits per heavy atom. The standard InChI is InChI=1S/C25H18Cl2N4O4S/c26-17-6-18(27)8-19(7-17)31-23(34)25(29-24(31)35)13-30(10-20-5-16(12-36-20)22(32)33)11-21(25)15-3-1-14(9-28)2-4-15/h1-8,12,21H,10-11,13H2,(H,29,35)(H,32,33)/t21-,25-/m1/s1. The molecule has 0 unspecified atom stereocenters. The van der Waals surface area contributed by atoms with E-state index in [1.165, 1.54) is 29.5 Å². The number of urea groups is 1. The summed E-state index contributed by atoms with van der Waals surface area (Å²) in [5, 5.41) is 23.5. The van der Waals surface area contributed by atoms with Crippen molar-refractivity contribution in [1.82, 2.24) is 10.2 Å². The Morgan fingerprint density at radius 2 is 1.86 bits per heavy atom. The van der Waals surface area contributed by atoms with Crippen molar-refractivity contribution in [2.24, 2.45) is 0 Å². The molecule has 0 bridgehead atoms. The Labute approximate surface area is 220 Å². The number of carboxylic acid groups (broad SMARTS) is 1. The van der Waals surface area contributed by atoms with Crippen LogP contribution in [0, 0.1) is 11.3 Å². The van der Waals surface area contributed by atoms with Crippen molar-refractivity contribution in [3.8, 4) is 6.07 Å². The van der Waals surface area contributed by atoms with Crippen molar-refractivity contribution >= 4 is 58.1 Å². The van der Waals surface area contributed by atoms with Crippen LogP contribution in [0.1, 0.15) is 32.3 Å². The first-order valence-electron chi connectivity index (χ1n) is 10.9. The van der Waals surface area contributed by atoms with Gasteiger partial charge in [0.1, 0.15) is 5.54 Å². The van der Waals surface area contributed by atoms with Gasteiger partial charge in [-0.2, -0.15) is 5.26 Å². The minimum Gasteiger partial charge on any atom is -0.478 e. The smallest absolute Gasteiger partial charge is 0.336 e. The third kappa shape index (κ3) is 4.22. The van der Waals surface area contributed by atoms with Gasteiger partial charge in [0.05, 0.1) is 22.9 Å². The minimum atomic E-state index is -1.27. The molecule has 1 aromatic heterocycles. The lowest BCUT2D eigenvalue weighted by atomic mass is 9.81. The number of nitriles is 1. The number of hydrogen-bond donors (Lipinski definition) is 2. The third-order valence-corrected chi connectivity index (χ3v) is 7.81. The molecule has 8 nitrogen and oxygen atoms in total. The monoisotopic (exact) mass is 540 g/mol. The van der Waals surface area contributed by atoms with E-state index in [9.17, 15) is 24.8 Å². The molecule has 0 radical (unpaired) electrons. The second kappa shape index (κ2) is 9.22. The van der Waals surface area contributed by atoms with E-state index in [0.29, 0.717) is 28.7 Å².